The minimum atomic E-state index is -0.740. The molecule has 0 aromatic heterocycles. The topological polar surface area (TPSA) is 90.3 Å². The van der Waals surface area contributed by atoms with Crippen molar-refractivity contribution in [3.05, 3.63) is 0 Å². The van der Waals surface area contributed by atoms with E-state index in [1.165, 1.54) is 0 Å². The van der Waals surface area contributed by atoms with Gasteiger partial charge in [0.25, 0.3) is 0 Å². The van der Waals surface area contributed by atoms with Gasteiger partial charge in [-0.05, 0) is 74.5 Å². The van der Waals surface area contributed by atoms with Crippen molar-refractivity contribution in [3.63, 3.8) is 0 Å². The highest BCUT2D eigenvalue weighted by Crippen LogP contribution is 2.57. The van der Waals surface area contributed by atoms with Crippen LogP contribution in [0.3, 0.4) is 0 Å². The van der Waals surface area contributed by atoms with Crippen LogP contribution in [-0.2, 0) is 4.79 Å². The number of nitrogens with two attached hydrogens (primary N) is 1. The lowest BCUT2D eigenvalue weighted by Gasteiger charge is -2.55. The van der Waals surface area contributed by atoms with Gasteiger partial charge in [0, 0.05) is 6.04 Å². The fraction of sp³-hybridized carbons (Fsp3) is 0.900. The number of rotatable bonds is 2. The van der Waals surface area contributed by atoms with E-state index in [4.69, 9.17) is 5.73 Å². The average Bonchev–Trinajstić information content (AvgIpc) is 2.96. The fourth-order valence-corrected chi connectivity index (χ4v) is 6.96. The largest absolute Gasteiger partial charge is 0.390 e. The van der Waals surface area contributed by atoms with Crippen LogP contribution in [0.15, 0.2) is 0 Å². The Balaban J connectivity index is 1.61. The van der Waals surface area contributed by atoms with Gasteiger partial charge < -0.3 is 15.7 Å². The van der Waals surface area contributed by atoms with Crippen LogP contribution in [0.1, 0.15) is 59.3 Å². The van der Waals surface area contributed by atoms with Gasteiger partial charge in [-0.3, -0.25) is 4.79 Å². The van der Waals surface area contributed by atoms with Crippen LogP contribution < -0.4 is 5.73 Å². The summed E-state index contributed by atoms with van der Waals surface area (Å²) in [6, 6.07) is 1.60. The zero-order chi connectivity index (χ0) is 18.1. The third kappa shape index (κ3) is 2.61. The summed E-state index contributed by atoms with van der Waals surface area (Å²) in [7, 11) is 0. The van der Waals surface area contributed by atoms with Gasteiger partial charge in [-0.25, -0.2) is 0 Å². The highest BCUT2D eigenvalue weighted by atomic mass is 16.3. The molecule has 1 saturated heterocycles. The number of carbonyl (C=O) groups is 1. The lowest BCUT2D eigenvalue weighted by molar-refractivity contribution is -0.146. The predicted octanol–water partition coefficient (Wildman–Crippen LogP) is 2.04. The average molecular weight is 345 g/mol. The number of fused-ring (bicyclic) bond motifs is 3. The lowest BCUT2D eigenvalue weighted by Crippen LogP contribution is -2.61. The molecule has 1 aliphatic heterocycles. The number of carbonyl (C=O) groups excluding carboxylic acids is 1. The molecule has 4 fully saturated rings. The Kier molecular flexibility index (Phi) is 3.76. The Hall–Kier alpha value is -1.12. The van der Waals surface area contributed by atoms with E-state index in [1.54, 1.807) is 0 Å². The molecule has 3 saturated carbocycles. The van der Waals surface area contributed by atoms with Crippen LogP contribution in [0.5, 0.6) is 0 Å². The lowest BCUT2D eigenvalue weighted by atomic mass is 9.53. The maximum absolute atomic E-state index is 13.4. The Morgan fingerprint density at radius 3 is 2.72 bits per heavy atom. The zero-order valence-corrected chi connectivity index (χ0v) is 15.6. The fourth-order valence-electron chi connectivity index (χ4n) is 6.96. The van der Waals surface area contributed by atoms with Gasteiger partial charge in [0.1, 0.15) is 6.04 Å². The maximum atomic E-state index is 13.4. The highest BCUT2D eigenvalue weighted by Gasteiger charge is 2.62. The van der Waals surface area contributed by atoms with Gasteiger partial charge in [0.2, 0.25) is 5.91 Å². The first kappa shape index (κ1) is 17.3. The predicted molar refractivity (Wildman–Crippen MR) is 94.1 cm³/mol. The van der Waals surface area contributed by atoms with Crippen LogP contribution in [0.4, 0.5) is 0 Å². The first-order valence-electron chi connectivity index (χ1n) is 9.87. The normalized spacial score (nSPS) is 52.2. The number of piperidine rings is 1. The summed E-state index contributed by atoms with van der Waals surface area (Å²) < 4.78 is 0. The number of hydrogen-bond donors (Lipinski definition) is 2. The Labute approximate surface area is 150 Å². The molecule has 2 bridgehead atoms. The molecule has 1 amide bonds. The van der Waals surface area contributed by atoms with Crippen LogP contribution >= 0.6 is 0 Å². The smallest absolute Gasteiger partial charge is 0.241 e. The van der Waals surface area contributed by atoms with Crippen molar-refractivity contribution in [2.45, 2.75) is 83.0 Å². The van der Waals surface area contributed by atoms with Gasteiger partial charge in [-0.15, -0.1) is 0 Å². The molecule has 1 heterocycles. The minimum absolute atomic E-state index is 0.0473. The summed E-state index contributed by atoms with van der Waals surface area (Å²) in [5, 5.41) is 20.3. The maximum Gasteiger partial charge on any atom is 0.241 e. The van der Waals surface area contributed by atoms with Crippen molar-refractivity contribution in [1.29, 1.82) is 5.26 Å². The molecular weight excluding hydrogens is 314 g/mol. The second-order valence-corrected chi connectivity index (χ2v) is 9.97. The summed E-state index contributed by atoms with van der Waals surface area (Å²) in [5.74, 6) is 1.90. The first-order valence-corrected chi connectivity index (χ1v) is 9.87. The Morgan fingerprint density at radius 2 is 2.04 bits per heavy atom. The number of amides is 1. The van der Waals surface area contributed by atoms with E-state index in [0.29, 0.717) is 30.1 Å². The van der Waals surface area contributed by atoms with Gasteiger partial charge in [-0.2, -0.15) is 5.26 Å². The third-order valence-corrected chi connectivity index (χ3v) is 7.64. The molecular formula is C20H31N3O2. The van der Waals surface area contributed by atoms with Gasteiger partial charge >= 0.3 is 0 Å². The molecule has 25 heavy (non-hydrogen) atoms. The van der Waals surface area contributed by atoms with Gasteiger partial charge in [-0.1, -0.05) is 13.8 Å². The van der Waals surface area contributed by atoms with Gasteiger partial charge in [0.05, 0.1) is 17.7 Å². The molecule has 5 nitrogen and oxygen atoms in total. The summed E-state index contributed by atoms with van der Waals surface area (Å²) >= 11 is 0. The van der Waals surface area contributed by atoms with E-state index in [-0.39, 0.29) is 23.4 Å². The third-order valence-electron chi connectivity index (χ3n) is 7.64. The summed E-state index contributed by atoms with van der Waals surface area (Å²) in [6.07, 6.45) is 5.17. The molecule has 0 aromatic rings. The number of likely N-dealkylation sites (tertiary alicyclic amines) is 1. The summed E-state index contributed by atoms with van der Waals surface area (Å²) in [5.41, 5.74) is 5.57. The number of hydrogen-bond acceptors (Lipinski definition) is 4. The standard InChI is InChI=1S/C20H31N3O2/c1-11-4-13-7-19(3,25)10-20(6-11,8-13)17(22)18(24)23-14(9-21)5-15-12(2)16(15)23/h11-17,25H,4-8,10,22H2,1-3H3/t11?,12?,13?,14-,15?,16?,17?,19?,20+/m0/s1. The van der Waals surface area contributed by atoms with Crippen molar-refractivity contribution in [2.75, 3.05) is 0 Å². The molecule has 7 unspecified atom stereocenters. The van der Waals surface area contributed by atoms with Crippen molar-refractivity contribution in [3.8, 4) is 6.07 Å². The van der Waals surface area contributed by atoms with E-state index in [1.807, 2.05) is 11.8 Å². The number of nitrogens with zero attached hydrogens (tertiary/aromatic N) is 2. The van der Waals surface area contributed by atoms with Gasteiger partial charge in [0.15, 0.2) is 0 Å². The zero-order valence-electron chi connectivity index (χ0n) is 15.6. The molecule has 0 spiro atoms. The second-order valence-electron chi connectivity index (χ2n) is 9.97. The molecule has 0 aromatic carbocycles. The molecule has 0 radical (unpaired) electrons. The highest BCUT2D eigenvalue weighted by molar-refractivity contribution is 5.84. The Morgan fingerprint density at radius 1 is 1.32 bits per heavy atom. The van der Waals surface area contributed by atoms with E-state index in [2.05, 4.69) is 19.9 Å². The molecule has 3 aliphatic carbocycles. The van der Waals surface area contributed by atoms with Crippen molar-refractivity contribution in [1.82, 2.24) is 4.90 Å². The molecule has 5 heteroatoms. The molecule has 3 N–H and O–H groups in total. The Bertz CT molecular complexity index is 623. The SMILES string of the molecule is CC1CC2CC(C)(O)C[C@@](C(N)C(=O)N3C4C(C)C4C[C@H]3C#N)(C1)C2. The van der Waals surface area contributed by atoms with Crippen LogP contribution in [-0.4, -0.2) is 39.6 Å². The summed E-state index contributed by atoms with van der Waals surface area (Å²) in [6.45, 7) is 6.30. The molecule has 4 aliphatic rings. The van der Waals surface area contributed by atoms with Crippen molar-refractivity contribution >= 4 is 5.91 Å². The summed E-state index contributed by atoms with van der Waals surface area (Å²) in [4.78, 5) is 15.2. The minimum Gasteiger partial charge on any atom is -0.390 e. The van der Waals surface area contributed by atoms with Crippen molar-refractivity contribution in [2.24, 2.45) is 34.8 Å². The van der Waals surface area contributed by atoms with Crippen LogP contribution in [0.2, 0.25) is 0 Å². The quantitative estimate of drug-likeness (QED) is 0.801. The van der Waals surface area contributed by atoms with E-state index in [0.717, 1.165) is 32.1 Å². The van der Waals surface area contributed by atoms with E-state index in [9.17, 15) is 15.2 Å². The number of nitriles is 1. The van der Waals surface area contributed by atoms with Crippen LogP contribution in [0.25, 0.3) is 0 Å². The number of aliphatic hydroxyl groups is 1. The monoisotopic (exact) mass is 345 g/mol. The van der Waals surface area contributed by atoms with E-state index < -0.39 is 11.6 Å². The molecule has 138 valence electrons. The van der Waals surface area contributed by atoms with Crippen LogP contribution in [0, 0.1) is 40.4 Å². The van der Waals surface area contributed by atoms with Crippen molar-refractivity contribution < 1.29 is 9.90 Å². The van der Waals surface area contributed by atoms with E-state index >= 15 is 0 Å². The molecule has 4 rings (SSSR count). The second kappa shape index (κ2) is 5.44. The first-order chi connectivity index (χ1) is 11.7. The molecule has 9 atom stereocenters.